The van der Waals surface area contributed by atoms with Crippen molar-refractivity contribution in [3.05, 3.63) is 30.5 Å². The van der Waals surface area contributed by atoms with Gasteiger partial charge in [0.05, 0.1) is 0 Å². The van der Waals surface area contributed by atoms with Crippen LogP contribution < -0.4 is 5.32 Å². The molecule has 4 heteroatoms. The number of amides is 1. The highest BCUT2D eigenvalue weighted by molar-refractivity contribution is 6.29. The van der Waals surface area contributed by atoms with Gasteiger partial charge in [0, 0.05) is 22.8 Å². The second-order valence-corrected chi connectivity index (χ2v) is 2.89. The van der Waals surface area contributed by atoms with E-state index < -0.39 is 5.91 Å². The first kappa shape index (κ1) is 8.50. The molecule has 0 radical (unpaired) electrons. The second-order valence-electron chi connectivity index (χ2n) is 2.89. The maximum absolute atomic E-state index is 10.8. The van der Waals surface area contributed by atoms with Crippen LogP contribution in [0.4, 0.5) is 5.69 Å². The summed E-state index contributed by atoms with van der Waals surface area (Å²) < 4.78 is 0. The second kappa shape index (κ2) is 3.33. The van der Waals surface area contributed by atoms with Gasteiger partial charge in [-0.25, -0.2) is 0 Å². The topological polar surface area (TPSA) is 62.0 Å². The summed E-state index contributed by atoms with van der Waals surface area (Å²) >= 11 is 0. The molecule has 0 unspecified atom stereocenters. The Morgan fingerprint density at radius 1 is 1.36 bits per heavy atom. The molecule has 0 bridgehead atoms. The number of aldehydes is 1. The van der Waals surface area contributed by atoms with Crippen molar-refractivity contribution in [3.8, 4) is 0 Å². The van der Waals surface area contributed by atoms with E-state index in [-0.39, 0.29) is 6.29 Å². The Kier molecular flexibility index (Phi) is 2.02. The number of benzene rings is 1. The lowest BCUT2D eigenvalue weighted by Crippen LogP contribution is -2.11. The van der Waals surface area contributed by atoms with Crippen LogP contribution in [0.15, 0.2) is 30.5 Å². The molecule has 0 atom stereocenters. The minimum atomic E-state index is -0.639. The molecule has 0 saturated carbocycles. The Balaban J connectivity index is 2.34. The van der Waals surface area contributed by atoms with Crippen LogP contribution in [0.2, 0.25) is 0 Å². The largest absolute Gasteiger partial charge is 0.361 e. The Labute approximate surface area is 79.9 Å². The number of H-pyrrole nitrogens is 1. The highest BCUT2D eigenvalue weighted by Gasteiger charge is 2.00. The van der Waals surface area contributed by atoms with Crippen LogP contribution in [0.3, 0.4) is 0 Å². The van der Waals surface area contributed by atoms with E-state index in [0.717, 1.165) is 10.9 Å². The zero-order valence-corrected chi connectivity index (χ0v) is 7.28. The van der Waals surface area contributed by atoms with Crippen molar-refractivity contribution in [2.75, 3.05) is 5.32 Å². The van der Waals surface area contributed by atoms with Crippen LogP contribution in [0.5, 0.6) is 0 Å². The number of carbonyl (C=O) groups is 2. The van der Waals surface area contributed by atoms with Gasteiger partial charge in [-0.2, -0.15) is 0 Å². The van der Waals surface area contributed by atoms with Crippen molar-refractivity contribution in [1.29, 1.82) is 0 Å². The molecule has 1 heterocycles. The Morgan fingerprint density at radius 2 is 2.21 bits per heavy atom. The van der Waals surface area contributed by atoms with Gasteiger partial charge < -0.3 is 10.3 Å². The lowest BCUT2D eigenvalue weighted by atomic mass is 10.2. The molecule has 70 valence electrons. The van der Waals surface area contributed by atoms with Crippen molar-refractivity contribution in [2.45, 2.75) is 0 Å². The van der Waals surface area contributed by atoms with Gasteiger partial charge in [0.15, 0.2) is 0 Å². The number of nitrogens with one attached hydrogen (secondary N) is 2. The summed E-state index contributed by atoms with van der Waals surface area (Å²) in [4.78, 5) is 23.9. The Bertz CT molecular complexity index is 488. The number of hydrogen-bond donors (Lipinski definition) is 2. The zero-order valence-electron chi connectivity index (χ0n) is 7.28. The lowest BCUT2D eigenvalue weighted by molar-refractivity contribution is -0.127. The number of aromatic nitrogens is 1. The van der Waals surface area contributed by atoms with E-state index >= 15 is 0 Å². The van der Waals surface area contributed by atoms with Crippen LogP contribution in [0.1, 0.15) is 0 Å². The van der Waals surface area contributed by atoms with Crippen LogP contribution >= 0.6 is 0 Å². The van der Waals surface area contributed by atoms with Gasteiger partial charge in [-0.15, -0.1) is 0 Å². The van der Waals surface area contributed by atoms with Crippen LogP contribution in [-0.2, 0) is 9.59 Å². The molecule has 0 aliphatic rings. The molecular formula is C10H8N2O2. The van der Waals surface area contributed by atoms with Crippen LogP contribution in [0, 0.1) is 0 Å². The van der Waals surface area contributed by atoms with Crippen molar-refractivity contribution in [3.63, 3.8) is 0 Å². The van der Waals surface area contributed by atoms with Gasteiger partial charge in [-0.05, 0) is 24.3 Å². The smallest absolute Gasteiger partial charge is 0.288 e. The average molecular weight is 188 g/mol. The van der Waals surface area contributed by atoms with Gasteiger partial charge in [0.25, 0.3) is 5.91 Å². The molecule has 0 spiro atoms. The number of anilines is 1. The highest BCUT2D eigenvalue weighted by Crippen LogP contribution is 2.17. The molecule has 1 amide bonds. The molecule has 14 heavy (non-hydrogen) atoms. The van der Waals surface area contributed by atoms with E-state index in [1.165, 1.54) is 0 Å². The summed E-state index contributed by atoms with van der Waals surface area (Å²) in [6, 6.07) is 7.27. The van der Waals surface area contributed by atoms with E-state index in [4.69, 9.17) is 0 Å². The van der Waals surface area contributed by atoms with Gasteiger partial charge in [0.2, 0.25) is 6.29 Å². The molecular weight excluding hydrogens is 180 g/mol. The summed E-state index contributed by atoms with van der Waals surface area (Å²) in [6.07, 6.45) is 2.07. The molecule has 0 saturated heterocycles. The summed E-state index contributed by atoms with van der Waals surface area (Å²) in [6.45, 7) is 0. The van der Waals surface area contributed by atoms with Gasteiger partial charge in [-0.1, -0.05) is 0 Å². The molecule has 2 N–H and O–H groups in total. The van der Waals surface area contributed by atoms with Crippen LogP contribution in [0.25, 0.3) is 10.9 Å². The minimum Gasteiger partial charge on any atom is -0.361 e. The summed E-state index contributed by atoms with van der Waals surface area (Å²) in [5.41, 5.74) is 1.61. The maximum Gasteiger partial charge on any atom is 0.288 e. The van der Waals surface area contributed by atoms with E-state index in [1.54, 1.807) is 12.1 Å². The normalized spacial score (nSPS) is 10.0. The zero-order chi connectivity index (χ0) is 9.97. The standard InChI is InChI=1S/C10H8N2O2/c13-6-10(14)12-8-1-2-9-7(5-8)3-4-11-9/h1-6,11H,(H,12,14). The predicted octanol–water partition coefficient (Wildman–Crippen LogP) is 1.31. The molecule has 0 aliphatic carbocycles. The molecule has 2 aromatic rings. The highest BCUT2D eigenvalue weighted by atomic mass is 16.2. The van der Waals surface area contributed by atoms with Crippen molar-refractivity contribution < 1.29 is 9.59 Å². The first-order valence-corrected chi connectivity index (χ1v) is 4.13. The first-order valence-electron chi connectivity index (χ1n) is 4.13. The average Bonchev–Trinajstić information content (AvgIpc) is 2.64. The maximum atomic E-state index is 10.8. The fourth-order valence-electron chi connectivity index (χ4n) is 1.30. The quantitative estimate of drug-likeness (QED) is 0.551. The third-order valence-electron chi connectivity index (χ3n) is 1.93. The predicted molar refractivity (Wildman–Crippen MR) is 53.0 cm³/mol. The van der Waals surface area contributed by atoms with Gasteiger partial charge in [-0.3, -0.25) is 9.59 Å². The van der Waals surface area contributed by atoms with Gasteiger partial charge >= 0.3 is 0 Å². The fourth-order valence-corrected chi connectivity index (χ4v) is 1.30. The van der Waals surface area contributed by atoms with E-state index in [0.29, 0.717) is 5.69 Å². The van der Waals surface area contributed by atoms with Crippen molar-refractivity contribution >= 4 is 28.8 Å². The van der Waals surface area contributed by atoms with Gasteiger partial charge in [0.1, 0.15) is 0 Å². The Morgan fingerprint density at radius 3 is 3.00 bits per heavy atom. The third kappa shape index (κ3) is 1.50. The SMILES string of the molecule is O=CC(=O)Nc1ccc2[nH]ccc2c1. The van der Waals surface area contributed by atoms with Crippen molar-refractivity contribution in [2.24, 2.45) is 0 Å². The summed E-state index contributed by atoms with van der Waals surface area (Å²) in [5, 5.41) is 3.45. The number of rotatable bonds is 2. The minimum absolute atomic E-state index is 0.251. The fraction of sp³-hybridized carbons (Fsp3) is 0. The molecule has 2 rings (SSSR count). The lowest BCUT2D eigenvalue weighted by Gasteiger charge is -2.00. The molecule has 4 nitrogen and oxygen atoms in total. The third-order valence-corrected chi connectivity index (χ3v) is 1.93. The Hall–Kier alpha value is -2.10. The number of aromatic amines is 1. The monoisotopic (exact) mass is 188 g/mol. The molecule has 1 aromatic carbocycles. The van der Waals surface area contributed by atoms with Crippen LogP contribution in [-0.4, -0.2) is 17.2 Å². The summed E-state index contributed by atoms with van der Waals surface area (Å²) in [5.74, 6) is -0.639. The number of carbonyl (C=O) groups excluding carboxylic acids is 2. The van der Waals surface area contributed by atoms with E-state index in [2.05, 4.69) is 10.3 Å². The van der Waals surface area contributed by atoms with E-state index in [9.17, 15) is 9.59 Å². The summed E-state index contributed by atoms with van der Waals surface area (Å²) in [7, 11) is 0. The van der Waals surface area contributed by atoms with Crippen molar-refractivity contribution in [1.82, 2.24) is 4.98 Å². The van der Waals surface area contributed by atoms with E-state index in [1.807, 2.05) is 18.3 Å². The number of hydrogen-bond acceptors (Lipinski definition) is 2. The first-order chi connectivity index (χ1) is 6.79. The number of fused-ring (bicyclic) bond motifs is 1. The molecule has 1 aromatic heterocycles. The molecule has 0 aliphatic heterocycles. The molecule has 0 fully saturated rings.